The van der Waals surface area contributed by atoms with Crippen LogP contribution >= 0.6 is 0 Å². The summed E-state index contributed by atoms with van der Waals surface area (Å²) in [4.78, 5) is 13.7. The minimum atomic E-state index is -0.0553. The van der Waals surface area contributed by atoms with E-state index in [1.165, 1.54) is 12.8 Å². The number of nitrogens with two attached hydrogens (primary N) is 1. The number of hydrogen-bond acceptors (Lipinski definition) is 4. The zero-order valence-corrected chi connectivity index (χ0v) is 10.1. The zero-order chi connectivity index (χ0) is 11.8. The van der Waals surface area contributed by atoms with Gasteiger partial charge in [0.05, 0.1) is 6.61 Å². The third-order valence-corrected chi connectivity index (χ3v) is 2.69. The minimum absolute atomic E-state index is 0.0553. The van der Waals surface area contributed by atoms with Crippen LogP contribution in [0.4, 0.5) is 0 Å². The van der Waals surface area contributed by atoms with Crippen molar-refractivity contribution in [3.63, 3.8) is 0 Å². The number of likely N-dealkylation sites (N-methyl/N-ethyl adjacent to an activating group) is 1. The first-order chi connectivity index (χ1) is 7.77. The van der Waals surface area contributed by atoms with Gasteiger partial charge in [-0.2, -0.15) is 0 Å². The Hall–Kier alpha value is -0.650. The summed E-state index contributed by atoms with van der Waals surface area (Å²) in [6, 6.07) is 0.760. The third-order valence-electron chi connectivity index (χ3n) is 2.69. The van der Waals surface area contributed by atoms with Crippen molar-refractivity contribution in [3.05, 3.63) is 0 Å². The molecule has 0 saturated heterocycles. The molecule has 1 fully saturated rings. The number of amides is 1. The predicted molar refractivity (Wildman–Crippen MR) is 63.2 cm³/mol. The van der Waals surface area contributed by atoms with Gasteiger partial charge in [-0.05, 0) is 19.4 Å². The monoisotopic (exact) mass is 229 g/mol. The Bertz CT molecular complexity index is 207. The van der Waals surface area contributed by atoms with E-state index in [9.17, 15) is 4.79 Å². The maximum absolute atomic E-state index is 11.3. The van der Waals surface area contributed by atoms with E-state index >= 15 is 0 Å². The molecule has 0 aromatic rings. The van der Waals surface area contributed by atoms with E-state index in [0.717, 1.165) is 19.1 Å². The standard InChI is InChI=1S/C11H23N3O2/c1-2-14(10-3-4-10)7-6-13-11(15)9-16-8-5-12/h10H,2-9,12H2,1H3,(H,13,15). The highest BCUT2D eigenvalue weighted by Crippen LogP contribution is 2.25. The highest BCUT2D eigenvalue weighted by atomic mass is 16.5. The van der Waals surface area contributed by atoms with Gasteiger partial charge in [-0.25, -0.2) is 0 Å². The summed E-state index contributed by atoms with van der Waals surface area (Å²) >= 11 is 0. The fourth-order valence-electron chi connectivity index (χ4n) is 1.68. The predicted octanol–water partition coefficient (Wildman–Crippen LogP) is -0.438. The molecular formula is C11H23N3O2. The molecule has 0 aromatic heterocycles. The summed E-state index contributed by atoms with van der Waals surface area (Å²) in [5.74, 6) is -0.0553. The summed E-state index contributed by atoms with van der Waals surface area (Å²) < 4.78 is 5.04. The molecular weight excluding hydrogens is 206 g/mol. The minimum Gasteiger partial charge on any atom is -0.370 e. The van der Waals surface area contributed by atoms with Gasteiger partial charge in [0, 0.05) is 25.7 Å². The summed E-state index contributed by atoms with van der Waals surface area (Å²) in [5, 5.41) is 2.84. The van der Waals surface area contributed by atoms with Crippen molar-refractivity contribution in [2.45, 2.75) is 25.8 Å². The van der Waals surface area contributed by atoms with Gasteiger partial charge in [-0.3, -0.25) is 9.69 Å². The van der Waals surface area contributed by atoms with E-state index in [1.54, 1.807) is 0 Å². The van der Waals surface area contributed by atoms with Crippen molar-refractivity contribution in [2.75, 3.05) is 39.4 Å². The first kappa shape index (κ1) is 13.4. The van der Waals surface area contributed by atoms with Gasteiger partial charge in [-0.15, -0.1) is 0 Å². The molecule has 0 aliphatic heterocycles. The summed E-state index contributed by atoms with van der Waals surface area (Å²) in [7, 11) is 0. The molecule has 0 bridgehead atoms. The highest BCUT2D eigenvalue weighted by Gasteiger charge is 2.27. The maximum atomic E-state index is 11.3. The zero-order valence-electron chi connectivity index (χ0n) is 10.1. The van der Waals surface area contributed by atoms with E-state index in [4.69, 9.17) is 10.5 Å². The molecule has 1 saturated carbocycles. The molecule has 1 amide bonds. The number of carbonyl (C=O) groups excluding carboxylic acids is 1. The van der Waals surface area contributed by atoms with E-state index in [1.807, 2.05) is 0 Å². The Morgan fingerprint density at radius 2 is 2.31 bits per heavy atom. The van der Waals surface area contributed by atoms with Gasteiger partial charge in [0.15, 0.2) is 0 Å². The second kappa shape index (κ2) is 7.60. The molecule has 0 heterocycles. The van der Waals surface area contributed by atoms with Gasteiger partial charge in [0.25, 0.3) is 0 Å². The first-order valence-electron chi connectivity index (χ1n) is 6.06. The van der Waals surface area contributed by atoms with E-state index in [2.05, 4.69) is 17.1 Å². The van der Waals surface area contributed by atoms with Crippen LogP contribution in [0, 0.1) is 0 Å². The molecule has 1 aliphatic carbocycles. The van der Waals surface area contributed by atoms with Crippen molar-refractivity contribution >= 4 is 5.91 Å². The summed E-state index contributed by atoms with van der Waals surface area (Å²) in [6.45, 7) is 5.87. The number of ether oxygens (including phenoxy) is 1. The maximum Gasteiger partial charge on any atom is 0.246 e. The molecule has 0 radical (unpaired) electrons. The second-order valence-corrected chi connectivity index (χ2v) is 4.05. The number of rotatable bonds is 9. The third kappa shape index (κ3) is 5.44. The molecule has 0 unspecified atom stereocenters. The molecule has 3 N–H and O–H groups in total. The Labute approximate surface area is 97.3 Å². The Morgan fingerprint density at radius 3 is 2.88 bits per heavy atom. The summed E-state index contributed by atoms with van der Waals surface area (Å²) in [6.07, 6.45) is 2.61. The second-order valence-electron chi connectivity index (χ2n) is 4.05. The molecule has 94 valence electrons. The number of nitrogens with zero attached hydrogens (tertiary/aromatic N) is 1. The smallest absolute Gasteiger partial charge is 0.246 e. The molecule has 5 nitrogen and oxygen atoms in total. The van der Waals surface area contributed by atoms with Crippen LogP contribution in [0.2, 0.25) is 0 Å². The van der Waals surface area contributed by atoms with Crippen LogP contribution in [0.1, 0.15) is 19.8 Å². The van der Waals surface area contributed by atoms with Gasteiger partial charge in [-0.1, -0.05) is 6.92 Å². The molecule has 5 heteroatoms. The van der Waals surface area contributed by atoms with Crippen LogP contribution in [-0.4, -0.2) is 56.2 Å². The fourth-order valence-corrected chi connectivity index (χ4v) is 1.68. The van der Waals surface area contributed by atoms with Gasteiger partial charge >= 0.3 is 0 Å². The molecule has 0 aromatic carbocycles. The van der Waals surface area contributed by atoms with Crippen molar-refractivity contribution in [1.82, 2.24) is 10.2 Å². The van der Waals surface area contributed by atoms with Crippen molar-refractivity contribution in [1.29, 1.82) is 0 Å². The normalized spacial score (nSPS) is 15.4. The Balaban J connectivity index is 1.98. The van der Waals surface area contributed by atoms with Gasteiger partial charge < -0.3 is 15.8 Å². The Morgan fingerprint density at radius 1 is 1.56 bits per heavy atom. The molecule has 0 spiro atoms. The van der Waals surface area contributed by atoms with Gasteiger partial charge in [0.2, 0.25) is 5.91 Å². The van der Waals surface area contributed by atoms with Crippen LogP contribution in [0.3, 0.4) is 0 Å². The Kier molecular flexibility index (Phi) is 6.37. The lowest BCUT2D eigenvalue weighted by Crippen LogP contribution is -2.37. The van der Waals surface area contributed by atoms with E-state index < -0.39 is 0 Å². The lowest BCUT2D eigenvalue weighted by molar-refractivity contribution is -0.125. The lowest BCUT2D eigenvalue weighted by Gasteiger charge is -2.19. The van der Waals surface area contributed by atoms with Crippen LogP contribution < -0.4 is 11.1 Å². The SMILES string of the molecule is CCN(CCNC(=O)COCCN)C1CC1. The molecule has 0 atom stereocenters. The van der Waals surface area contributed by atoms with Gasteiger partial charge in [0.1, 0.15) is 6.61 Å². The highest BCUT2D eigenvalue weighted by molar-refractivity contribution is 5.77. The molecule has 1 rings (SSSR count). The molecule has 1 aliphatic rings. The van der Waals surface area contributed by atoms with Crippen LogP contribution in [0.15, 0.2) is 0 Å². The largest absolute Gasteiger partial charge is 0.370 e. The first-order valence-corrected chi connectivity index (χ1v) is 6.06. The fraction of sp³-hybridized carbons (Fsp3) is 0.909. The average molecular weight is 229 g/mol. The summed E-state index contributed by atoms with van der Waals surface area (Å²) in [5.41, 5.74) is 5.25. The van der Waals surface area contributed by atoms with E-state index in [0.29, 0.717) is 19.7 Å². The van der Waals surface area contributed by atoms with Crippen LogP contribution in [0.5, 0.6) is 0 Å². The van der Waals surface area contributed by atoms with E-state index in [-0.39, 0.29) is 12.5 Å². The number of carbonyl (C=O) groups is 1. The van der Waals surface area contributed by atoms with Crippen molar-refractivity contribution in [2.24, 2.45) is 5.73 Å². The lowest BCUT2D eigenvalue weighted by atomic mass is 10.4. The number of hydrogen-bond donors (Lipinski definition) is 2. The quantitative estimate of drug-likeness (QED) is 0.526. The molecule has 16 heavy (non-hydrogen) atoms. The number of nitrogens with one attached hydrogen (secondary N) is 1. The van der Waals surface area contributed by atoms with Crippen molar-refractivity contribution < 1.29 is 9.53 Å². The van der Waals surface area contributed by atoms with Crippen LogP contribution in [0.25, 0.3) is 0 Å². The van der Waals surface area contributed by atoms with Crippen molar-refractivity contribution in [3.8, 4) is 0 Å². The van der Waals surface area contributed by atoms with Crippen LogP contribution in [-0.2, 0) is 9.53 Å². The average Bonchev–Trinajstić information content (AvgIpc) is 3.09. The topological polar surface area (TPSA) is 67.6 Å².